The molecule has 0 bridgehead atoms. The molecule has 5 rings (SSSR count). The smallest absolute Gasteiger partial charge is 0.226 e. The highest BCUT2D eigenvalue weighted by molar-refractivity contribution is 6.15. The van der Waals surface area contributed by atoms with Gasteiger partial charge in [0.2, 0.25) is 11.2 Å². The van der Waals surface area contributed by atoms with Crippen molar-refractivity contribution in [3.05, 3.63) is 88.0 Å². The second-order valence-corrected chi connectivity index (χ2v) is 6.58. The van der Waals surface area contributed by atoms with E-state index in [0.29, 0.717) is 13.0 Å². The highest BCUT2D eigenvalue weighted by atomic mass is 16.5. The summed E-state index contributed by atoms with van der Waals surface area (Å²) in [6.45, 7) is 0.359. The maximum absolute atomic E-state index is 11.8. The Bertz CT molecular complexity index is 1110. The van der Waals surface area contributed by atoms with E-state index >= 15 is 0 Å². The number of rotatable bonds is 2. The molecule has 0 fully saturated rings. The van der Waals surface area contributed by atoms with Crippen LogP contribution in [0.2, 0.25) is 0 Å². The van der Waals surface area contributed by atoms with Gasteiger partial charge < -0.3 is 14.3 Å². The van der Waals surface area contributed by atoms with E-state index in [4.69, 9.17) is 14.1 Å². The summed E-state index contributed by atoms with van der Waals surface area (Å²) in [4.78, 5) is 16.7. The molecule has 2 aliphatic heterocycles. The molecule has 1 atom stereocenters. The van der Waals surface area contributed by atoms with Crippen LogP contribution in [0.5, 0.6) is 11.5 Å². The molecule has 1 aromatic heterocycles. The monoisotopic (exact) mass is 345 g/mol. The van der Waals surface area contributed by atoms with Crippen LogP contribution in [-0.2, 0) is 11.8 Å². The van der Waals surface area contributed by atoms with Crippen LogP contribution in [-0.4, -0.2) is 17.4 Å². The van der Waals surface area contributed by atoms with Crippen LogP contribution >= 0.6 is 0 Å². The number of nitrogens with zero attached hydrogens (tertiary/aromatic N) is 1. The summed E-state index contributed by atoms with van der Waals surface area (Å²) in [5, 5.41) is 10.2. The largest absolute Gasteiger partial charge is 0.502 e. The van der Waals surface area contributed by atoms with Crippen molar-refractivity contribution >= 4 is 11.4 Å². The van der Waals surface area contributed by atoms with Gasteiger partial charge in [0.15, 0.2) is 5.76 Å². The number of aromatic hydroxyl groups is 1. The van der Waals surface area contributed by atoms with Gasteiger partial charge in [0.05, 0.1) is 23.1 Å². The first-order valence-corrected chi connectivity index (χ1v) is 8.39. The normalized spacial score (nSPS) is 19.8. The van der Waals surface area contributed by atoms with Gasteiger partial charge >= 0.3 is 0 Å². The van der Waals surface area contributed by atoms with Gasteiger partial charge in [0.1, 0.15) is 12.4 Å². The standard InChI is InChI=1S/C21H15NO4/c23-16-9-10-25-18(19(16)24)11-21-12-26-17-8-4-1-5-13(17)20(21)22-15-7-3-2-6-14(15)21/h1-10,24H,11-12H2/t21-/m0/s1. The number of fused-ring (bicyclic) bond motifs is 5. The van der Waals surface area contributed by atoms with E-state index in [9.17, 15) is 9.90 Å². The van der Waals surface area contributed by atoms with Gasteiger partial charge in [-0.15, -0.1) is 0 Å². The lowest BCUT2D eigenvalue weighted by Crippen LogP contribution is -2.45. The number of para-hydroxylation sites is 2. The minimum atomic E-state index is -0.611. The number of ether oxygens (including phenoxy) is 1. The Kier molecular flexibility index (Phi) is 3.06. The van der Waals surface area contributed by atoms with E-state index in [2.05, 4.69) is 0 Å². The molecule has 3 aromatic rings. The van der Waals surface area contributed by atoms with E-state index in [1.807, 2.05) is 48.5 Å². The van der Waals surface area contributed by atoms with Crippen LogP contribution in [0.4, 0.5) is 5.69 Å². The molecule has 0 unspecified atom stereocenters. The van der Waals surface area contributed by atoms with E-state index in [1.54, 1.807) is 0 Å². The van der Waals surface area contributed by atoms with Crippen LogP contribution < -0.4 is 10.2 Å². The fourth-order valence-electron chi connectivity index (χ4n) is 3.86. The average Bonchev–Trinajstić information content (AvgIpc) is 3.00. The molecule has 128 valence electrons. The molecular formula is C21H15NO4. The first kappa shape index (κ1) is 15.0. The lowest BCUT2D eigenvalue weighted by atomic mass is 9.71. The molecule has 2 aromatic carbocycles. The summed E-state index contributed by atoms with van der Waals surface area (Å²) in [6.07, 6.45) is 1.60. The predicted molar refractivity (Wildman–Crippen MR) is 96.6 cm³/mol. The lowest BCUT2D eigenvalue weighted by molar-refractivity contribution is 0.239. The molecule has 5 heteroatoms. The zero-order chi connectivity index (χ0) is 17.7. The van der Waals surface area contributed by atoms with Crippen molar-refractivity contribution in [2.75, 3.05) is 6.61 Å². The molecule has 1 N–H and O–H groups in total. The molecule has 5 nitrogen and oxygen atoms in total. The third kappa shape index (κ3) is 1.97. The van der Waals surface area contributed by atoms with E-state index in [-0.39, 0.29) is 11.5 Å². The third-order valence-corrected chi connectivity index (χ3v) is 5.11. The summed E-state index contributed by atoms with van der Waals surface area (Å²) in [6, 6.07) is 16.9. The number of hydrogen-bond acceptors (Lipinski definition) is 5. The average molecular weight is 345 g/mol. The number of benzene rings is 2. The van der Waals surface area contributed by atoms with Gasteiger partial charge in [-0.1, -0.05) is 30.3 Å². The molecule has 0 saturated carbocycles. The van der Waals surface area contributed by atoms with Gasteiger partial charge in [-0.2, -0.15) is 0 Å². The molecule has 26 heavy (non-hydrogen) atoms. The van der Waals surface area contributed by atoms with Crippen molar-refractivity contribution in [2.45, 2.75) is 11.8 Å². The maximum atomic E-state index is 11.8. The molecule has 0 radical (unpaired) electrons. The van der Waals surface area contributed by atoms with Gasteiger partial charge in [0.25, 0.3) is 0 Å². The van der Waals surface area contributed by atoms with Crippen LogP contribution in [0.1, 0.15) is 16.9 Å². The molecule has 0 amide bonds. The predicted octanol–water partition coefficient (Wildman–Crippen LogP) is 3.35. The van der Waals surface area contributed by atoms with E-state index in [0.717, 1.165) is 28.3 Å². The topological polar surface area (TPSA) is 72.0 Å². The Morgan fingerprint density at radius 1 is 1.08 bits per heavy atom. The summed E-state index contributed by atoms with van der Waals surface area (Å²) in [5.74, 6) is 0.669. The first-order valence-electron chi connectivity index (χ1n) is 8.39. The summed E-state index contributed by atoms with van der Waals surface area (Å²) in [5.41, 5.74) is 2.62. The Labute approximate surface area is 149 Å². The van der Waals surface area contributed by atoms with Crippen molar-refractivity contribution < 1.29 is 14.3 Å². The van der Waals surface area contributed by atoms with Crippen LogP contribution in [0.3, 0.4) is 0 Å². The summed E-state index contributed by atoms with van der Waals surface area (Å²) in [7, 11) is 0. The van der Waals surface area contributed by atoms with Crippen LogP contribution in [0.25, 0.3) is 0 Å². The zero-order valence-electron chi connectivity index (χ0n) is 13.8. The fourth-order valence-corrected chi connectivity index (χ4v) is 3.86. The van der Waals surface area contributed by atoms with Crippen LogP contribution in [0.15, 0.2) is 75.1 Å². The van der Waals surface area contributed by atoms with Crippen LogP contribution in [0, 0.1) is 0 Å². The summed E-state index contributed by atoms with van der Waals surface area (Å²) >= 11 is 0. The minimum absolute atomic E-state index is 0.241. The van der Waals surface area contributed by atoms with E-state index < -0.39 is 10.8 Å². The van der Waals surface area contributed by atoms with Gasteiger partial charge in [-0.3, -0.25) is 9.79 Å². The second kappa shape index (κ2) is 5.33. The SMILES string of the molecule is O=c1ccoc(C[C@@]23COc4ccccc4C2=Nc2ccccc23)c1O. The Morgan fingerprint density at radius 2 is 1.88 bits per heavy atom. The Morgan fingerprint density at radius 3 is 2.81 bits per heavy atom. The van der Waals surface area contributed by atoms with Crippen molar-refractivity contribution in [3.8, 4) is 11.5 Å². The number of aliphatic imine (C=N–C) groups is 1. The molecule has 0 aliphatic carbocycles. The van der Waals surface area contributed by atoms with Crippen molar-refractivity contribution in [2.24, 2.45) is 4.99 Å². The highest BCUT2D eigenvalue weighted by Crippen LogP contribution is 2.48. The van der Waals surface area contributed by atoms with Crippen molar-refractivity contribution in [3.63, 3.8) is 0 Å². The highest BCUT2D eigenvalue weighted by Gasteiger charge is 2.49. The number of hydrogen-bond donors (Lipinski definition) is 1. The zero-order valence-corrected chi connectivity index (χ0v) is 13.8. The molecular weight excluding hydrogens is 330 g/mol. The fraction of sp³-hybridized carbons (Fsp3) is 0.143. The van der Waals surface area contributed by atoms with E-state index in [1.165, 1.54) is 12.3 Å². The minimum Gasteiger partial charge on any atom is -0.502 e. The van der Waals surface area contributed by atoms with Crippen molar-refractivity contribution in [1.29, 1.82) is 0 Å². The molecule has 0 spiro atoms. The van der Waals surface area contributed by atoms with Crippen molar-refractivity contribution in [1.82, 2.24) is 0 Å². The Hall–Kier alpha value is -3.34. The second-order valence-electron chi connectivity index (χ2n) is 6.58. The Balaban J connectivity index is 1.73. The van der Waals surface area contributed by atoms with Gasteiger partial charge in [-0.05, 0) is 23.8 Å². The lowest BCUT2D eigenvalue weighted by Gasteiger charge is -2.36. The first-order chi connectivity index (χ1) is 12.7. The quantitative estimate of drug-likeness (QED) is 0.773. The van der Waals surface area contributed by atoms with Gasteiger partial charge in [0, 0.05) is 18.1 Å². The molecule has 0 saturated heterocycles. The van der Waals surface area contributed by atoms with Gasteiger partial charge in [-0.25, -0.2) is 0 Å². The maximum Gasteiger partial charge on any atom is 0.226 e. The third-order valence-electron chi connectivity index (χ3n) is 5.11. The summed E-state index contributed by atoms with van der Waals surface area (Å²) < 4.78 is 11.5. The molecule has 3 heterocycles. The molecule has 2 aliphatic rings.